The number of aliphatic carboxylic acids is 1. The molecule has 2 atom stereocenters. The van der Waals surface area contributed by atoms with Gasteiger partial charge in [-0.3, -0.25) is 9.59 Å². The van der Waals surface area contributed by atoms with Gasteiger partial charge in [0.1, 0.15) is 5.70 Å². The summed E-state index contributed by atoms with van der Waals surface area (Å²) in [6.45, 7) is 1.64. The molecule has 0 aromatic heterocycles. The van der Waals surface area contributed by atoms with E-state index in [2.05, 4.69) is 5.32 Å². The van der Waals surface area contributed by atoms with Crippen LogP contribution < -0.4 is 5.32 Å². The third-order valence-electron chi connectivity index (χ3n) is 3.74. The number of carbonyl (C=O) groups excluding carboxylic acids is 2. The van der Waals surface area contributed by atoms with Gasteiger partial charge in [0.25, 0.3) is 0 Å². The Bertz CT molecular complexity index is 557. The molecule has 2 aliphatic rings. The number of carboxylic acid groups (broad SMARTS) is 1. The number of hydrogen-bond donors (Lipinski definition) is 3. The van der Waals surface area contributed by atoms with Crippen molar-refractivity contribution in [1.82, 2.24) is 10.2 Å². The minimum atomic E-state index is -1.13. The number of β-lactam (4-membered cyclic amide) rings is 1. The van der Waals surface area contributed by atoms with Crippen LogP contribution in [-0.2, 0) is 14.4 Å². The zero-order valence-corrected chi connectivity index (χ0v) is 12.9. The second kappa shape index (κ2) is 6.97. The van der Waals surface area contributed by atoms with Crippen molar-refractivity contribution in [2.45, 2.75) is 32.2 Å². The van der Waals surface area contributed by atoms with Crippen molar-refractivity contribution in [3.05, 3.63) is 22.2 Å². The number of fused-ring (bicyclic) bond motifs is 1. The lowest BCUT2D eigenvalue weighted by atomic mass is 9.85. The first-order valence-corrected chi connectivity index (χ1v) is 7.90. The molecule has 0 saturated carbocycles. The van der Waals surface area contributed by atoms with E-state index in [0.29, 0.717) is 24.2 Å². The topological polar surface area (TPSA) is 107 Å². The van der Waals surface area contributed by atoms with Gasteiger partial charge in [0, 0.05) is 30.6 Å². The Morgan fingerprint density at radius 1 is 1.50 bits per heavy atom. The number of aliphatic hydroxyl groups excluding tert-OH is 1. The molecule has 0 bridgehead atoms. The van der Waals surface area contributed by atoms with Gasteiger partial charge >= 0.3 is 5.97 Å². The highest BCUT2D eigenvalue weighted by atomic mass is 32.2. The molecular formula is C14H18N2O5S. The van der Waals surface area contributed by atoms with Crippen LogP contribution in [0.4, 0.5) is 0 Å². The molecule has 2 heterocycles. The number of rotatable bonds is 7. The fraction of sp³-hybridized carbons (Fsp3) is 0.500. The first-order chi connectivity index (χ1) is 10.5. The predicted molar refractivity (Wildman–Crippen MR) is 80.3 cm³/mol. The molecule has 0 aromatic carbocycles. The van der Waals surface area contributed by atoms with Crippen LogP contribution in [0, 0.1) is 5.92 Å². The van der Waals surface area contributed by atoms with Gasteiger partial charge in [0.05, 0.1) is 12.0 Å². The summed E-state index contributed by atoms with van der Waals surface area (Å²) in [6, 6.07) is -0.174. The Kier molecular flexibility index (Phi) is 5.25. The summed E-state index contributed by atoms with van der Waals surface area (Å²) in [5, 5.41) is 22.4. The quantitative estimate of drug-likeness (QED) is 0.592. The van der Waals surface area contributed by atoms with Crippen LogP contribution >= 0.6 is 11.8 Å². The number of nitrogens with zero attached hydrogens (tertiary/aromatic N) is 1. The molecule has 1 fully saturated rings. The van der Waals surface area contributed by atoms with Crippen LogP contribution in [0.25, 0.3) is 0 Å². The Morgan fingerprint density at radius 3 is 2.82 bits per heavy atom. The second-order valence-corrected chi connectivity index (χ2v) is 6.02. The van der Waals surface area contributed by atoms with Crippen molar-refractivity contribution in [2.75, 3.05) is 6.61 Å². The minimum absolute atomic E-state index is 0.0145. The largest absolute Gasteiger partial charge is 0.477 e. The van der Waals surface area contributed by atoms with Gasteiger partial charge in [-0.15, -0.1) is 0 Å². The SMILES string of the molecule is CCC(=O)NC=CSC1=C(C(=O)O)N2C(=O)[C@@H](CCO)[C@H]2C1. The van der Waals surface area contributed by atoms with E-state index in [0.717, 1.165) is 0 Å². The summed E-state index contributed by atoms with van der Waals surface area (Å²) in [5.74, 6) is -1.80. The number of aliphatic hydroxyl groups is 1. The second-order valence-electron chi connectivity index (χ2n) is 5.02. The van der Waals surface area contributed by atoms with Gasteiger partial charge in [0.15, 0.2) is 0 Å². The van der Waals surface area contributed by atoms with Crippen LogP contribution in [-0.4, -0.2) is 45.5 Å². The van der Waals surface area contributed by atoms with Crippen molar-refractivity contribution >= 4 is 29.5 Å². The average molecular weight is 326 g/mol. The molecule has 7 nitrogen and oxygen atoms in total. The van der Waals surface area contributed by atoms with Gasteiger partial charge in [-0.05, 0) is 11.8 Å². The number of amides is 2. The van der Waals surface area contributed by atoms with Crippen molar-refractivity contribution in [3.63, 3.8) is 0 Å². The Balaban J connectivity index is 2.05. The molecule has 0 unspecified atom stereocenters. The van der Waals surface area contributed by atoms with Crippen LogP contribution in [0.2, 0.25) is 0 Å². The third kappa shape index (κ3) is 3.02. The number of hydrogen-bond acceptors (Lipinski definition) is 5. The standard InChI is InChI=1S/C14H18N2O5S/c1-2-11(18)15-4-6-22-10-7-9-8(3-5-17)13(19)16(9)12(10)14(20)21/h4,6,8-9,17H,2-3,5,7H2,1H3,(H,15,18)(H,20,21)/t8-,9+/m0/s1. The van der Waals surface area contributed by atoms with Gasteiger partial charge in [0.2, 0.25) is 11.8 Å². The molecule has 0 radical (unpaired) electrons. The Labute approximate surface area is 132 Å². The highest BCUT2D eigenvalue weighted by Gasteiger charge is 2.54. The fourth-order valence-electron chi connectivity index (χ4n) is 2.66. The van der Waals surface area contributed by atoms with Crippen LogP contribution in [0.15, 0.2) is 22.2 Å². The van der Waals surface area contributed by atoms with E-state index in [1.54, 1.807) is 12.3 Å². The van der Waals surface area contributed by atoms with Crippen molar-refractivity contribution < 1.29 is 24.6 Å². The van der Waals surface area contributed by atoms with E-state index >= 15 is 0 Å². The van der Waals surface area contributed by atoms with E-state index in [-0.39, 0.29) is 36.1 Å². The van der Waals surface area contributed by atoms with E-state index < -0.39 is 5.97 Å². The first-order valence-electron chi connectivity index (χ1n) is 7.02. The van der Waals surface area contributed by atoms with Crippen molar-refractivity contribution in [3.8, 4) is 0 Å². The monoisotopic (exact) mass is 326 g/mol. The van der Waals surface area contributed by atoms with Gasteiger partial charge in [-0.25, -0.2) is 4.79 Å². The summed E-state index contributed by atoms with van der Waals surface area (Å²) >= 11 is 1.19. The molecule has 3 N–H and O–H groups in total. The number of carboxylic acids is 1. The zero-order valence-electron chi connectivity index (χ0n) is 12.1. The maximum atomic E-state index is 12.0. The minimum Gasteiger partial charge on any atom is -0.477 e. The highest BCUT2D eigenvalue weighted by Crippen LogP contribution is 2.47. The lowest BCUT2D eigenvalue weighted by Crippen LogP contribution is -2.58. The van der Waals surface area contributed by atoms with E-state index in [9.17, 15) is 19.5 Å². The molecule has 2 aliphatic heterocycles. The van der Waals surface area contributed by atoms with E-state index in [1.165, 1.54) is 22.9 Å². The lowest BCUT2D eigenvalue weighted by molar-refractivity contribution is -0.155. The fourth-order valence-corrected chi connectivity index (χ4v) is 3.53. The molecule has 8 heteroatoms. The van der Waals surface area contributed by atoms with Crippen LogP contribution in [0.3, 0.4) is 0 Å². The van der Waals surface area contributed by atoms with E-state index in [4.69, 9.17) is 5.11 Å². The number of nitrogens with one attached hydrogen (secondary N) is 1. The molecule has 120 valence electrons. The molecule has 0 spiro atoms. The zero-order chi connectivity index (χ0) is 16.3. The molecule has 0 aromatic rings. The molecule has 22 heavy (non-hydrogen) atoms. The smallest absolute Gasteiger partial charge is 0.353 e. The Hall–Kier alpha value is -1.80. The van der Waals surface area contributed by atoms with Crippen LogP contribution in [0.1, 0.15) is 26.2 Å². The maximum absolute atomic E-state index is 12.0. The third-order valence-corrected chi connectivity index (χ3v) is 4.65. The first kappa shape index (κ1) is 16.6. The molecule has 2 rings (SSSR count). The van der Waals surface area contributed by atoms with Gasteiger partial charge < -0.3 is 20.4 Å². The van der Waals surface area contributed by atoms with Gasteiger partial charge in [-0.2, -0.15) is 0 Å². The molecule has 0 aliphatic carbocycles. The van der Waals surface area contributed by atoms with Crippen molar-refractivity contribution in [1.29, 1.82) is 0 Å². The number of carbonyl (C=O) groups is 3. The van der Waals surface area contributed by atoms with Crippen LogP contribution in [0.5, 0.6) is 0 Å². The summed E-state index contributed by atoms with van der Waals surface area (Å²) in [7, 11) is 0. The number of thioether (sulfide) groups is 1. The summed E-state index contributed by atoms with van der Waals surface area (Å²) in [5.41, 5.74) is 0.0145. The highest BCUT2D eigenvalue weighted by molar-refractivity contribution is 8.05. The lowest BCUT2D eigenvalue weighted by Gasteiger charge is -2.43. The normalized spacial score (nSPS) is 23.7. The maximum Gasteiger partial charge on any atom is 0.353 e. The molecule has 2 amide bonds. The molecule has 1 saturated heterocycles. The predicted octanol–water partition coefficient (Wildman–Crippen LogP) is 0.626. The molecular weight excluding hydrogens is 308 g/mol. The van der Waals surface area contributed by atoms with Crippen molar-refractivity contribution in [2.24, 2.45) is 5.92 Å². The Morgan fingerprint density at radius 2 is 2.23 bits per heavy atom. The van der Waals surface area contributed by atoms with Gasteiger partial charge in [-0.1, -0.05) is 18.7 Å². The summed E-state index contributed by atoms with van der Waals surface area (Å²) in [6.07, 6.45) is 2.65. The summed E-state index contributed by atoms with van der Waals surface area (Å²) < 4.78 is 0. The average Bonchev–Trinajstić information content (AvgIpc) is 2.84. The summed E-state index contributed by atoms with van der Waals surface area (Å²) in [4.78, 5) is 36.4. The van der Waals surface area contributed by atoms with E-state index in [1.807, 2.05) is 0 Å².